The Balaban J connectivity index is 0.000000160. The highest BCUT2D eigenvalue weighted by atomic mass is 35.5. The van der Waals surface area contributed by atoms with Crippen molar-refractivity contribution in [1.29, 1.82) is 0 Å². The van der Waals surface area contributed by atoms with Gasteiger partial charge in [-0.2, -0.15) is 10.2 Å². The molecule has 0 amide bonds. The van der Waals surface area contributed by atoms with Crippen molar-refractivity contribution in [2.24, 2.45) is 0 Å². The first-order chi connectivity index (χ1) is 16.1. The number of aldehydes is 1. The summed E-state index contributed by atoms with van der Waals surface area (Å²) in [4.78, 5) is 13.1. The van der Waals surface area contributed by atoms with Crippen molar-refractivity contribution in [1.82, 2.24) is 24.9 Å². The molecule has 2 aromatic carbocycles. The Labute approximate surface area is 198 Å². The van der Waals surface area contributed by atoms with E-state index in [1.807, 2.05) is 60.1 Å². The molecule has 3 heterocycles. The lowest BCUT2D eigenvalue weighted by Crippen LogP contribution is -2.44. The second-order valence-electron chi connectivity index (χ2n) is 7.78. The third-order valence-electron chi connectivity index (χ3n) is 5.42. The topological polar surface area (TPSA) is 68.0 Å². The van der Waals surface area contributed by atoms with Gasteiger partial charge in [-0.1, -0.05) is 48.0 Å². The zero-order chi connectivity index (χ0) is 23.2. The Hall–Kier alpha value is -3.42. The Bertz CT molecular complexity index is 1200. The standard InChI is InChI=1S/C14H18N4.C11H9ClN2O/c1-12-11-14(17-9-7-15-8-10-17)18(16-12)13-5-3-2-4-6-13;1-8-10(7-15)11(12)14(13-8)9-5-3-2-4-6-9/h2-6,11,15H,7-10H2,1H3;2-7H,1H3. The number of carbonyl (C=O) groups is 1. The third-order valence-corrected chi connectivity index (χ3v) is 5.78. The molecule has 0 radical (unpaired) electrons. The number of nitrogens with one attached hydrogen (secondary N) is 1. The first kappa shape index (κ1) is 22.8. The zero-order valence-electron chi connectivity index (χ0n) is 18.8. The van der Waals surface area contributed by atoms with Crippen LogP contribution in [0.4, 0.5) is 5.82 Å². The van der Waals surface area contributed by atoms with Gasteiger partial charge in [-0.3, -0.25) is 4.79 Å². The van der Waals surface area contributed by atoms with Gasteiger partial charge in [-0.15, -0.1) is 0 Å². The summed E-state index contributed by atoms with van der Waals surface area (Å²) >= 11 is 6.03. The lowest BCUT2D eigenvalue weighted by molar-refractivity contribution is 0.112. The van der Waals surface area contributed by atoms with Gasteiger partial charge >= 0.3 is 0 Å². The molecule has 0 saturated carbocycles. The molecule has 5 rings (SSSR count). The lowest BCUT2D eigenvalue weighted by atomic mass is 10.3. The van der Waals surface area contributed by atoms with E-state index in [9.17, 15) is 4.79 Å². The number of aryl methyl sites for hydroxylation is 2. The smallest absolute Gasteiger partial charge is 0.155 e. The highest BCUT2D eigenvalue weighted by Gasteiger charge is 2.17. The summed E-state index contributed by atoms with van der Waals surface area (Å²) in [5.74, 6) is 1.19. The van der Waals surface area contributed by atoms with Gasteiger partial charge in [0.15, 0.2) is 6.29 Å². The van der Waals surface area contributed by atoms with Crippen molar-refractivity contribution in [3.8, 4) is 11.4 Å². The molecule has 1 saturated heterocycles. The Kier molecular flexibility index (Phi) is 7.22. The first-order valence-electron chi connectivity index (χ1n) is 10.9. The molecule has 170 valence electrons. The number of halogens is 1. The molecule has 7 nitrogen and oxygen atoms in total. The molecule has 33 heavy (non-hydrogen) atoms. The summed E-state index contributed by atoms with van der Waals surface area (Å²) in [6.45, 7) is 7.97. The van der Waals surface area contributed by atoms with Crippen molar-refractivity contribution in [2.45, 2.75) is 13.8 Å². The van der Waals surface area contributed by atoms with Crippen molar-refractivity contribution in [3.63, 3.8) is 0 Å². The average molecular weight is 463 g/mol. The zero-order valence-corrected chi connectivity index (χ0v) is 19.5. The van der Waals surface area contributed by atoms with E-state index in [0.717, 1.165) is 49.5 Å². The Morgan fingerprint density at radius 1 is 0.879 bits per heavy atom. The van der Waals surface area contributed by atoms with Crippen molar-refractivity contribution >= 4 is 23.7 Å². The van der Waals surface area contributed by atoms with Gasteiger partial charge in [0, 0.05) is 32.2 Å². The maximum atomic E-state index is 10.8. The van der Waals surface area contributed by atoms with Gasteiger partial charge in [0.25, 0.3) is 0 Å². The van der Waals surface area contributed by atoms with Crippen LogP contribution in [0.3, 0.4) is 0 Å². The molecular weight excluding hydrogens is 436 g/mol. The van der Waals surface area contributed by atoms with Crippen LogP contribution in [0.15, 0.2) is 66.7 Å². The number of anilines is 1. The molecule has 1 aliphatic rings. The van der Waals surface area contributed by atoms with Gasteiger partial charge in [-0.25, -0.2) is 9.36 Å². The molecule has 0 aliphatic carbocycles. The molecule has 1 aliphatic heterocycles. The number of piperazine rings is 1. The van der Waals surface area contributed by atoms with Crippen LogP contribution in [0.1, 0.15) is 21.7 Å². The van der Waals surface area contributed by atoms with Crippen LogP contribution >= 0.6 is 11.6 Å². The predicted octanol–water partition coefficient (Wildman–Crippen LogP) is 4.24. The lowest BCUT2D eigenvalue weighted by Gasteiger charge is -2.29. The van der Waals surface area contributed by atoms with Crippen LogP contribution in [0.2, 0.25) is 5.15 Å². The van der Waals surface area contributed by atoms with Gasteiger partial charge < -0.3 is 10.2 Å². The Morgan fingerprint density at radius 2 is 1.45 bits per heavy atom. The molecule has 0 atom stereocenters. The number of hydrogen-bond donors (Lipinski definition) is 1. The van der Waals surface area contributed by atoms with E-state index >= 15 is 0 Å². The molecule has 0 unspecified atom stereocenters. The SMILES string of the molecule is Cc1cc(N2CCNCC2)n(-c2ccccc2)n1.Cc1nn(-c2ccccc2)c(Cl)c1C=O. The molecule has 2 aromatic heterocycles. The summed E-state index contributed by atoms with van der Waals surface area (Å²) in [7, 11) is 0. The maximum absolute atomic E-state index is 10.8. The van der Waals surface area contributed by atoms with Crippen molar-refractivity contribution < 1.29 is 4.79 Å². The maximum Gasteiger partial charge on any atom is 0.155 e. The highest BCUT2D eigenvalue weighted by molar-refractivity contribution is 6.32. The number of benzene rings is 2. The van der Waals surface area contributed by atoms with Crippen LogP contribution in [0.5, 0.6) is 0 Å². The van der Waals surface area contributed by atoms with Gasteiger partial charge in [0.2, 0.25) is 0 Å². The fourth-order valence-electron chi connectivity index (χ4n) is 3.75. The number of aromatic nitrogens is 4. The van der Waals surface area contributed by atoms with Crippen LogP contribution in [0.25, 0.3) is 11.4 Å². The summed E-state index contributed by atoms with van der Waals surface area (Å²) in [6.07, 6.45) is 0.726. The summed E-state index contributed by atoms with van der Waals surface area (Å²) in [5.41, 5.74) is 4.12. The predicted molar refractivity (Wildman–Crippen MR) is 132 cm³/mol. The molecular formula is C25H27ClN6O. The van der Waals surface area contributed by atoms with Crippen LogP contribution in [-0.4, -0.2) is 52.0 Å². The second kappa shape index (κ2) is 10.5. The summed E-state index contributed by atoms with van der Waals surface area (Å²) < 4.78 is 3.60. The number of carbonyl (C=O) groups excluding carboxylic acids is 1. The molecule has 0 spiro atoms. The molecule has 1 N–H and O–H groups in total. The van der Waals surface area contributed by atoms with E-state index in [2.05, 4.69) is 38.6 Å². The second-order valence-corrected chi connectivity index (χ2v) is 8.14. The van der Waals surface area contributed by atoms with E-state index in [0.29, 0.717) is 16.4 Å². The minimum absolute atomic E-state index is 0.355. The van der Waals surface area contributed by atoms with E-state index in [1.54, 1.807) is 11.6 Å². The average Bonchev–Trinajstić information content (AvgIpc) is 3.40. The van der Waals surface area contributed by atoms with E-state index in [1.165, 1.54) is 5.82 Å². The van der Waals surface area contributed by atoms with E-state index < -0.39 is 0 Å². The van der Waals surface area contributed by atoms with E-state index in [4.69, 9.17) is 11.6 Å². The molecule has 1 fully saturated rings. The van der Waals surface area contributed by atoms with Crippen molar-refractivity contribution in [2.75, 3.05) is 31.1 Å². The quantitative estimate of drug-likeness (QED) is 0.459. The molecule has 4 aromatic rings. The summed E-state index contributed by atoms with van der Waals surface area (Å²) in [6, 6.07) is 21.9. The van der Waals surface area contributed by atoms with Gasteiger partial charge in [0.1, 0.15) is 11.0 Å². The van der Waals surface area contributed by atoms with Gasteiger partial charge in [-0.05, 0) is 38.1 Å². The number of hydrogen-bond acceptors (Lipinski definition) is 5. The van der Waals surface area contributed by atoms with Gasteiger partial charge in [0.05, 0.1) is 28.3 Å². The van der Waals surface area contributed by atoms with Crippen LogP contribution in [-0.2, 0) is 0 Å². The fourth-order valence-corrected chi connectivity index (χ4v) is 4.07. The number of rotatable bonds is 4. The third kappa shape index (κ3) is 5.16. The monoisotopic (exact) mass is 462 g/mol. The normalized spacial score (nSPS) is 13.4. The van der Waals surface area contributed by atoms with Crippen molar-refractivity contribution in [3.05, 3.63) is 88.8 Å². The molecule has 8 heteroatoms. The Morgan fingerprint density at radius 3 is 2.00 bits per heavy atom. The highest BCUT2D eigenvalue weighted by Crippen LogP contribution is 2.22. The minimum atomic E-state index is 0.355. The summed E-state index contributed by atoms with van der Waals surface area (Å²) in [5, 5.41) is 12.5. The first-order valence-corrected chi connectivity index (χ1v) is 11.3. The van der Waals surface area contributed by atoms with Crippen LogP contribution < -0.4 is 10.2 Å². The number of nitrogens with zero attached hydrogens (tertiary/aromatic N) is 5. The van der Waals surface area contributed by atoms with Crippen LogP contribution in [0, 0.1) is 13.8 Å². The fraction of sp³-hybridized carbons (Fsp3) is 0.240. The number of para-hydroxylation sites is 2. The van der Waals surface area contributed by atoms with E-state index in [-0.39, 0.29) is 0 Å². The minimum Gasteiger partial charge on any atom is -0.354 e. The molecule has 0 bridgehead atoms. The largest absolute Gasteiger partial charge is 0.354 e.